The van der Waals surface area contributed by atoms with Gasteiger partial charge < -0.3 is 9.47 Å². The van der Waals surface area contributed by atoms with Crippen molar-refractivity contribution in [3.63, 3.8) is 0 Å². The van der Waals surface area contributed by atoms with Crippen molar-refractivity contribution in [2.75, 3.05) is 14.2 Å². The number of carbonyl (C=O) groups is 2. The fourth-order valence-electron chi connectivity index (χ4n) is 7.75. The largest absolute Gasteiger partial charge is 0.468 e. The third-order valence-electron chi connectivity index (χ3n) is 8.63. The number of fused-ring (bicyclic) bond motifs is 1. The molecular formula is C25H35O4PSi. The molecule has 4 fully saturated rings. The van der Waals surface area contributed by atoms with Crippen LogP contribution in [0.5, 0.6) is 0 Å². The van der Waals surface area contributed by atoms with Crippen molar-refractivity contribution in [1.82, 2.24) is 0 Å². The highest BCUT2D eigenvalue weighted by Gasteiger charge is 2.56. The third kappa shape index (κ3) is 3.25. The number of hydrogen-bond donors (Lipinski definition) is 0. The molecule has 0 spiro atoms. The molecule has 0 unspecified atom stereocenters. The Kier molecular flexibility index (Phi) is 4.99. The minimum atomic E-state index is -1.65. The molecule has 0 aliphatic heterocycles. The topological polar surface area (TPSA) is 52.6 Å². The van der Waals surface area contributed by atoms with Crippen molar-refractivity contribution >= 4 is 33.1 Å². The first-order valence-electron chi connectivity index (χ1n) is 11.8. The lowest BCUT2D eigenvalue weighted by Gasteiger charge is -2.57. The lowest BCUT2D eigenvalue weighted by atomic mass is 9.49. The van der Waals surface area contributed by atoms with Crippen LogP contribution < -0.4 is 4.92 Å². The van der Waals surface area contributed by atoms with E-state index in [4.69, 9.17) is 9.47 Å². The minimum Gasteiger partial charge on any atom is -0.468 e. The molecule has 31 heavy (non-hydrogen) atoms. The van der Waals surface area contributed by atoms with E-state index in [1.165, 1.54) is 77.0 Å². The molecule has 6 heteroatoms. The molecule has 1 heterocycles. The second kappa shape index (κ2) is 7.15. The lowest BCUT2D eigenvalue weighted by molar-refractivity contribution is -0.168. The summed E-state index contributed by atoms with van der Waals surface area (Å²) in [5.74, 6) is 1.80. The molecule has 4 nitrogen and oxygen atoms in total. The van der Waals surface area contributed by atoms with Gasteiger partial charge in [0.2, 0.25) is 0 Å². The van der Waals surface area contributed by atoms with Crippen LogP contribution in [0.1, 0.15) is 54.9 Å². The molecule has 0 amide bonds. The van der Waals surface area contributed by atoms with Gasteiger partial charge in [-0.3, -0.25) is 9.59 Å². The van der Waals surface area contributed by atoms with E-state index in [1.807, 2.05) is 0 Å². The van der Waals surface area contributed by atoms with E-state index in [0.717, 1.165) is 17.8 Å². The Morgan fingerprint density at radius 2 is 1.45 bits per heavy atom. The molecule has 1 aromatic heterocycles. The summed E-state index contributed by atoms with van der Waals surface area (Å²) in [5.41, 5.74) is 1.59. The lowest BCUT2D eigenvalue weighted by Crippen LogP contribution is -2.48. The van der Waals surface area contributed by atoms with Crippen LogP contribution in [-0.2, 0) is 37.3 Å². The first kappa shape index (κ1) is 21.6. The molecule has 4 bridgehead atoms. The van der Waals surface area contributed by atoms with Gasteiger partial charge in [0.15, 0.2) is 5.41 Å². The van der Waals surface area contributed by atoms with Gasteiger partial charge in [-0.15, -0.1) is 0 Å². The molecule has 6 rings (SSSR count). The van der Waals surface area contributed by atoms with Gasteiger partial charge in [-0.1, -0.05) is 33.9 Å². The normalized spacial score (nSPS) is 32.9. The maximum Gasteiger partial charge on any atom is 0.323 e. The van der Waals surface area contributed by atoms with Crippen LogP contribution in [0.2, 0.25) is 19.6 Å². The summed E-state index contributed by atoms with van der Waals surface area (Å²) in [6.45, 7) is 7.20. The van der Waals surface area contributed by atoms with Gasteiger partial charge in [-0.25, -0.2) is 0 Å². The summed E-state index contributed by atoms with van der Waals surface area (Å²) in [5, 5.41) is 1.59. The van der Waals surface area contributed by atoms with Crippen molar-refractivity contribution < 1.29 is 19.1 Å². The number of rotatable bonds is 4. The maximum absolute atomic E-state index is 12.9. The summed E-state index contributed by atoms with van der Waals surface area (Å²) in [7, 11) is 2.48. The second-order valence-electron chi connectivity index (χ2n) is 11.9. The summed E-state index contributed by atoms with van der Waals surface area (Å²) in [6, 6.07) is 2.42. The molecular weight excluding hydrogens is 423 g/mol. The van der Waals surface area contributed by atoms with Gasteiger partial charge in [-0.05, 0) is 84.0 Å². The standard InChI is InChI=1S/C25H35O4PSi/c1-28-22(26)25(23(27)29-2)13-18-9-20(30-21(19(18)14-25)31(3,4)5)24-10-15-6-16(11-24)8-17(7-15)12-24/h9,15-17H,6-8,10-14H2,1-5H3. The fraction of sp³-hybridized carbons (Fsp3) is 0.720. The van der Waals surface area contributed by atoms with E-state index >= 15 is 0 Å². The number of ether oxygens (including phenoxy) is 2. The SMILES string of the molecule is COC(=O)C1(C(=O)OC)Cc2cc(C34CC5CC(CC(C5)C3)C4)pc([Si](C)(C)C)c2C1. The van der Waals surface area contributed by atoms with Crippen molar-refractivity contribution in [2.24, 2.45) is 23.2 Å². The minimum absolute atomic E-state index is 0.349. The molecule has 5 aliphatic rings. The van der Waals surface area contributed by atoms with E-state index in [1.54, 1.807) is 5.30 Å². The van der Waals surface area contributed by atoms with Crippen LogP contribution >= 0.6 is 8.19 Å². The summed E-state index contributed by atoms with van der Waals surface area (Å²) in [6.07, 6.45) is 9.21. The van der Waals surface area contributed by atoms with Crippen LogP contribution in [0.25, 0.3) is 0 Å². The van der Waals surface area contributed by atoms with Gasteiger partial charge in [0.05, 0.1) is 22.3 Å². The van der Waals surface area contributed by atoms with Crippen LogP contribution in [0.4, 0.5) is 0 Å². The Morgan fingerprint density at radius 3 is 1.90 bits per heavy atom. The molecule has 5 aliphatic carbocycles. The predicted octanol–water partition coefficient (Wildman–Crippen LogP) is 4.71. The Balaban J connectivity index is 1.63. The van der Waals surface area contributed by atoms with Gasteiger partial charge in [-0.2, -0.15) is 0 Å². The quantitative estimate of drug-likeness (QED) is 0.373. The molecule has 0 radical (unpaired) electrons. The number of carbonyl (C=O) groups excluding carboxylic acids is 2. The monoisotopic (exact) mass is 458 g/mol. The van der Waals surface area contributed by atoms with Crippen molar-refractivity contribution in [1.29, 1.82) is 0 Å². The smallest absolute Gasteiger partial charge is 0.323 e. The zero-order valence-electron chi connectivity index (χ0n) is 19.5. The average molecular weight is 459 g/mol. The Labute approximate surface area is 188 Å². The van der Waals surface area contributed by atoms with Gasteiger partial charge in [0, 0.05) is 11.8 Å². The average Bonchev–Trinajstić information content (AvgIpc) is 3.10. The van der Waals surface area contributed by atoms with Crippen LogP contribution in [0, 0.1) is 23.2 Å². The van der Waals surface area contributed by atoms with Crippen molar-refractivity contribution in [2.45, 2.75) is 76.4 Å². The molecule has 0 aromatic carbocycles. The van der Waals surface area contributed by atoms with Gasteiger partial charge in [0.1, 0.15) is 0 Å². The summed E-state index contributed by atoms with van der Waals surface area (Å²) >= 11 is 0. The highest BCUT2D eigenvalue weighted by Crippen LogP contribution is 2.62. The van der Waals surface area contributed by atoms with Gasteiger partial charge >= 0.3 is 11.9 Å². The van der Waals surface area contributed by atoms with Gasteiger partial charge in [0.25, 0.3) is 0 Å². The van der Waals surface area contributed by atoms with Crippen molar-refractivity contribution in [3.05, 3.63) is 22.5 Å². The molecule has 0 saturated heterocycles. The number of hydrogen-bond acceptors (Lipinski definition) is 4. The zero-order chi connectivity index (χ0) is 22.2. The zero-order valence-corrected chi connectivity index (χ0v) is 21.4. The second-order valence-corrected chi connectivity index (χ2v) is 18.4. The number of methoxy groups -OCH3 is 2. The van der Waals surface area contributed by atoms with Crippen molar-refractivity contribution in [3.8, 4) is 0 Å². The molecule has 168 valence electrons. The Morgan fingerprint density at radius 1 is 0.935 bits per heavy atom. The molecule has 1 aromatic rings. The molecule has 4 saturated carbocycles. The van der Waals surface area contributed by atoms with E-state index < -0.39 is 25.4 Å². The van der Waals surface area contributed by atoms with E-state index in [0.29, 0.717) is 18.3 Å². The maximum atomic E-state index is 12.9. The van der Waals surface area contributed by atoms with E-state index in [2.05, 4.69) is 25.7 Å². The van der Waals surface area contributed by atoms with Crippen LogP contribution in [0.3, 0.4) is 0 Å². The first-order chi connectivity index (χ1) is 14.6. The Hall–Kier alpha value is -1.19. The molecule has 0 atom stereocenters. The van der Waals surface area contributed by atoms with Crippen LogP contribution in [0.15, 0.2) is 6.07 Å². The first-order valence-corrected chi connectivity index (χ1v) is 16.2. The molecule has 0 N–H and O–H groups in total. The van der Waals surface area contributed by atoms with Crippen LogP contribution in [-0.4, -0.2) is 34.2 Å². The van der Waals surface area contributed by atoms with E-state index in [9.17, 15) is 9.59 Å². The summed E-state index contributed by atoms with van der Waals surface area (Å²) < 4.78 is 10.3. The van der Waals surface area contributed by atoms with E-state index in [-0.39, 0.29) is 0 Å². The Bertz CT molecular complexity index is 896. The number of esters is 2. The highest BCUT2D eigenvalue weighted by atomic mass is 31.0. The third-order valence-corrected chi connectivity index (χ3v) is 14.0. The summed E-state index contributed by atoms with van der Waals surface area (Å²) in [4.78, 5) is 27.3. The predicted molar refractivity (Wildman–Crippen MR) is 126 cm³/mol. The fourth-order valence-corrected chi connectivity index (χ4v) is 11.9. The highest BCUT2D eigenvalue weighted by molar-refractivity contribution is 7.42.